The Labute approximate surface area is 125 Å². The van der Waals surface area contributed by atoms with E-state index < -0.39 is 21.9 Å². The third-order valence-electron chi connectivity index (χ3n) is 2.73. The summed E-state index contributed by atoms with van der Waals surface area (Å²) >= 11 is 0. The van der Waals surface area contributed by atoms with Gasteiger partial charge in [-0.3, -0.25) is 9.67 Å². The van der Waals surface area contributed by atoms with Crippen molar-refractivity contribution in [1.29, 1.82) is 0 Å². The first-order valence-corrected chi connectivity index (χ1v) is 7.69. The summed E-state index contributed by atoms with van der Waals surface area (Å²) in [6, 6.07) is 1.50. The Hall–Kier alpha value is -1.94. The number of nitrogens with zero attached hydrogens (tertiary/aromatic N) is 3. The molecule has 6 nitrogen and oxygen atoms in total. The maximum absolute atomic E-state index is 12.4. The molecule has 1 N–H and O–H groups in total. The van der Waals surface area contributed by atoms with E-state index in [1.54, 1.807) is 17.1 Å². The van der Waals surface area contributed by atoms with Gasteiger partial charge in [-0.05, 0) is 24.6 Å². The number of aromatic nitrogens is 3. The van der Waals surface area contributed by atoms with Gasteiger partial charge in [0.25, 0.3) is 0 Å². The van der Waals surface area contributed by atoms with Gasteiger partial charge in [0, 0.05) is 18.9 Å². The Balaban J connectivity index is 2.00. The van der Waals surface area contributed by atoms with E-state index in [2.05, 4.69) is 14.8 Å². The highest BCUT2D eigenvalue weighted by molar-refractivity contribution is 7.89. The number of alkyl halides is 3. The summed E-state index contributed by atoms with van der Waals surface area (Å²) in [5.41, 5.74) is -0.201. The molecular weight excluding hydrogens is 321 g/mol. The van der Waals surface area contributed by atoms with E-state index in [1.165, 1.54) is 0 Å². The number of pyridine rings is 1. The lowest BCUT2D eigenvalue weighted by Crippen LogP contribution is -2.27. The number of nitrogens with one attached hydrogen (secondary N) is 1. The molecule has 0 unspecified atom stereocenters. The molecule has 0 saturated carbocycles. The summed E-state index contributed by atoms with van der Waals surface area (Å²) in [7, 11) is -3.91. The third-order valence-corrected chi connectivity index (χ3v) is 4.18. The van der Waals surface area contributed by atoms with Gasteiger partial charge in [0.2, 0.25) is 10.0 Å². The van der Waals surface area contributed by atoms with Gasteiger partial charge < -0.3 is 0 Å². The lowest BCUT2D eigenvalue weighted by molar-refractivity contribution is -0.141. The van der Waals surface area contributed by atoms with E-state index in [9.17, 15) is 21.6 Å². The predicted molar refractivity (Wildman–Crippen MR) is 71.4 cm³/mol. The summed E-state index contributed by atoms with van der Waals surface area (Å²) in [5, 5.41) is 3.99. The Bertz CT molecular complexity index is 738. The molecule has 0 fully saturated rings. The van der Waals surface area contributed by atoms with Gasteiger partial charge in [-0.1, -0.05) is 0 Å². The topological polar surface area (TPSA) is 76.9 Å². The van der Waals surface area contributed by atoms with Crippen LogP contribution in [0, 0.1) is 6.92 Å². The number of hydrogen-bond donors (Lipinski definition) is 1. The molecule has 0 aliphatic carbocycles. The molecule has 120 valence electrons. The number of sulfonamides is 1. The fraction of sp³-hybridized carbons (Fsp3) is 0.333. The van der Waals surface area contributed by atoms with E-state index >= 15 is 0 Å². The second-order valence-electron chi connectivity index (χ2n) is 4.56. The summed E-state index contributed by atoms with van der Waals surface area (Å²) in [6.07, 6.45) is -0.543. The zero-order valence-electron chi connectivity index (χ0n) is 11.5. The molecule has 22 heavy (non-hydrogen) atoms. The van der Waals surface area contributed by atoms with Crippen LogP contribution in [0.2, 0.25) is 0 Å². The smallest absolute Gasteiger partial charge is 0.271 e. The molecule has 2 heterocycles. The molecule has 0 saturated heterocycles. The molecule has 10 heteroatoms. The molecule has 0 amide bonds. The third kappa shape index (κ3) is 4.04. The van der Waals surface area contributed by atoms with Gasteiger partial charge in [0.05, 0.1) is 12.7 Å². The van der Waals surface area contributed by atoms with Gasteiger partial charge in [-0.2, -0.15) is 18.3 Å². The Kier molecular flexibility index (Phi) is 4.52. The van der Waals surface area contributed by atoms with Crippen molar-refractivity contribution in [1.82, 2.24) is 19.5 Å². The van der Waals surface area contributed by atoms with Gasteiger partial charge in [0.1, 0.15) is 10.6 Å². The monoisotopic (exact) mass is 334 g/mol. The van der Waals surface area contributed by atoms with Crippen LogP contribution in [0.1, 0.15) is 11.3 Å². The molecule has 0 aliphatic rings. The number of rotatable bonds is 5. The van der Waals surface area contributed by atoms with Crippen LogP contribution in [0.25, 0.3) is 0 Å². The molecular formula is C12H13F3N4O2S. The molecule has 2 aromatic rings. The van der Waals surface area contributed by atoms with Gasteiger partial charge in [-0.15, -0.1) is 0 Å². The van der Waals surface area contributed by atoms with E-state index in [0.29, 0.717) is 18.8 Å². The van der Waals surface area contributed by atoms with Crippen molar-refractivity contribution in [3.63, 3.8) is 0 Å². The van der Waals surface area contributed by atoms with Gasteiger partial charge in [-0.25, -0.2) is 13.1 Å². The van der Waals surface area contributed by atoms with E-state index in [0.717, 1.165) is 11.6 Å². The Morgan fingerprint density at radius 3 is 2.50 bits per heavy atom. The minimum absolute atomic E-state index is 0.0600. The van der Waals surface area contributed by atoms with Crippen LogP contribution in [-0.4, -0.2) is 29.7 Å². The van der Waals surface area contributed by atoms with Crippen molar-refractivity contribution in [3.8, 4) is 0 Å². The minimum Gasteiger partial charge on any atom is -0.271 e. The number of halogens is 3. The van der Waals surface area contributed by atoms with E-state index in [1.807, 2.05) is 6.92 Å². The maximum Gasteiger partial charge on any atom is 0.433 e. The molecule has 0 atom stereocenters. The first-order chi connectivity index (χ1) is 10.2. The summed E-state index contributed by atoms with van der Waals surface area (Å²) in [4.78, 5) is 2.80. The van der Waals surface area contributed by atoms with Crippen molar-refractivity contribution >= 4 is 10.0 Å². The predicted octanol–water partition coefficient (Wildman–Crippen LogP) is 1.58. The molecule has 0 spiro atoms. The minimum atomic E-state index is -4.60. The van der Waals surface area contributed by atoms with Crippen LogP contribution in [0.4, 0.5) is 13.2 Å². The molecule has 2 rings (SSSR count). The first-order valence-electron chi connectivity index (χ1n) is 6.20. The van der Waals surface area contributed by atoms with Crippen LogP contribution < -0.4 is 4.72 Å². The van der Waals surface area contributed by atoms with Crippen LogP contribution in [0.3, 0.4) is 0 Å². The average Bonchev–Trinajstić information content (AvgIpc) is 2.83. The summed E-state index contributed by atoms with van der Waals surface area (Å²) < 4.78 is 64.8. The largest absolute Gasteiger partial charge is 0.433 e. The molecule has 0 radical (unpaired) electrons. The van der Waals surface area contributed by atoms with Gasteiger partial charge in [0.15, 0.2) is 0 Å². The Morgan fingerprint density at radius 1 is 1.27 bits per heavy atom. The highest BCUT2D eigenvalue weighted by Crippen LogP contribution is 2.27. The SMILES string of the molecule is Cc1cnn(CCNS(=O)(=O)c2ccc(C(F)(F)F)nc2)c1. The molecule has 0 aliphatic heterocycles. The average molecular weight is 334 g/mol. The van der Waals surface area contributed by atoms with Crippen LogP contribution in [-0.2, 0) is 22.7 Å². The van der Waals surface area contributed by atoms with Crippen molar-refractivity contribution in [2.24, 2.45) is 0 Å². The fourth-order valence-corrected chi connectivity index (χ4v) is 2.64. The van der Waals surface area contributed by atoms with Gasteiger partial charge >= 0.3 is 6.18 Å². The number of hydrogen-bond acceptors (Lipinski definition) is 4. The van der Waals surface area contributed by atoms with Crippen molar-refractivity contribution in [2.45, 2.75) is 24.5 Å². The van der Waals surface area contributed by atoms with Crippen LogP contribution >= 0.6 is 0 Å². The van der Waals surface area contributed by atoms with Crippen molar-refractivity contribution < 1.29 is 21.6 Å². The highest BCUT2D eigenvalue weighted by Gasteiger charge is 2.32. The fourth-order valence-electron chi connectivity index (χ4n) is 1.67. The summed E-state index contributed by atoms with van der Waals surface area (Å²) in [6.45, 7) is 2.22. The molecule has 0 aromatic carbocycles. The van der Waals surface area contributed by atoms with Crippen molar-refractivity contribution in [2.75, 3.05) is 6.54 Å². The lowest BCUT2D eigenvalue weighted by atomic mass is 10.3. The quantitative estimate of drug-likeness (QED) is 0.901. The second-order valence-corrected chi connectivity index (χ2v) is 6.32. The normalized spacial score (nSPS) is 12.5. The van der Waals surface area contributed by atoms with Crippen LogP contribution in [0.5, 0.6) is 0 Å². The van der Waals surface area contributed by atoms with Crippen LogP contribution in [0.15, 0.2) is 35.6 Å². The van der Waals surface area contributed by atoms with Crippen molar-refractivity contribution in [3.05, 3.63) is 42.0 Å². The highest BCUT2D eigenvalue weighted by atomic mass is 32.2. The second kappa shape index (κ2) is 6.05. The summed E-state index contributed by atoms with van der Waals surface area (Å²) in [5.74, 6) is 0. The lowest BCUT2D eigenvalue weighted by Gasteiger charge is -2.08. The van der Waals surface area contributed by atoms with E-state index in [-0.39, 0.29) is 11.4 Å². The standard InChI is InChI=1S/C12H13F3N4O2S/c1-9-6-17-19(8-9)5-4-18-22(20,21)10-2-3-11(16-7-10)12(13,14)15/h2-3,6-8,18H,4-5H2,1H3. The maximum atomic E-state index is 12.4. The zero-order chi connectivity index (χ0) is 16.4. The zero-order valence-corrected chi connectivity index (χ0v) is 12.3. The van der Waals surface area contributed by atoms with E-state index in [4.69, 9.17) is 0 Å². The first kappa shape index (κ1) is 16.4. The molecule has 2 aromatic heterocycles. The Morgan fingerprint density at radius 2 is 2.00 bits per heavy atom. The number of aryl methyl sites for hydroxylation is 1. The molecule has 0 bridgehead atoms.